The normalized spacial score (nSPS) is 10.9. The van der Waals surface area contributed by atoms with E-state index in [-0.39, 0.29) is 11.7 Å². The Morgan fingerprint density at radius 3 is 3.00 bits per heavy atom. The Morgan fingerprint density at radius 1 is 1.44 bits per heavy atom. The first-order chi connectivity index (χ1) is 8.70. The van der Waals surface area contributed by atoms with Crippen LogP contribution in [0.5, 0.6) is 6.01 Å². The molecule has 0 aliphatic rings. The van der Waals surface area contributed by atoms with Crippen LogP contribution in [0.25, 0.3) is 21.8 Å². The van der Waals surface area contributed by atoms with Crippen molar-refractivity contribution in [2.45, 2.75) is 0 Å². The van der Waals surface area contributed by atoms with Gasteiger partial charge in [-0.15, -0.1) is 0 Å². The van der Waals surface area contributed by atoms with Crippen LogP contribution >= 0.6 is 0 Å². The molecule has 0 atom stereocenters. The number of H-pyrrole nitrogens is 1. The van der Waals surface area contributed by atoms with Gasteiger partial charge in [0.05, 0.1) is 12.6 Å². The number of carbonyl (C=O) groups is 1. The minimum Gasteiger partial charge on any atom is -0.467 e. The molecule has 0 fully saturated rings. The molecule has 2 aromatic heterocycles. The third-order valence-corrected chi connectivity index (χ3v) is 2.68. The number of nitrogens with zero attached hydrogens (tertiary/aromatic N) is 3. The SMILES string of the molecule is COc1ncc2ccc3c(C(N)=O)n[nH]c3c2n1. The molecule has 0 bridgehead atoms. The van der Waals surface area contributed by atoms with E-state index in [0.717, 1.165) is 5.39 Å². The Bertz CT molecular complexity index is 765. The molecule has 18 heavy (non-hydrogen) atoms. The fourth-order valence-corrected chi connectivity index (χ4v) is 1.85. The highest BCUT2D eigenvalue weighted by atomic mass is 16.5. The zero-order chi connectivity index (χ0) is 12.7. The Hall–Kier alpha value is -2.70. The predicted octanol–water partition coefficient (Wildman–Crippen LogP) is 0.614. The molecule has 2 heterocycles. The highest BCUT2D eigenvalue weighted by Gasteiger charge is 2.14. The van der Waals surface area contributed by atoms with Gasteiger partial charge in [-0.1, -0.05) is 6.07 Å². The molecule has 3 N–H and O–H groups in total. The van der Waals surface area contributed by atoms with Gasteiger partial charge in [-0.2, -0.15) is 10.1 Å². The number of hydrogen-bond acceptors (Lipinski definition) is 5. The molecule has 7 heteroatoms. The number of primary amides is 1. The summed E-state index contributed by atoms with van der Waals surface area (Å²) in [4.78, 5) is 19.5. The average molecular weight is 243 g/mol. The van der Waals surface area contributed by atoms with Gasteiger partial charge < -0.3 is 10.5 Å². The summed E-state index contributed by atoms with van der Waals surface area (Å²) in [6.45, 7) is 0. The van der Waals surface area contributed by atoms with E-state index in [9.17, 15) is 4.79 Å². The Labute approximate surface area is 101 Å². The Morgan fingerprint density at radius 2 is 2.28 bits per heavy atom. The van der Waals surface area contributed by atoms with E-state index in [0.29, 0.717) is 16.4 Å². The van der Waals surface area contributed by atoms with E-state index < -0.39 is 5.91 Å². The van der Waals surface area contributed by atoms with Crippen LogP contribution in [0.2, 0.25) is 0 Å². The number of rotatable bonds is 2. The fourth-order valence-electron chi connectivity index (χ4n) is 1.85. The van der Waals surface area contributed by atoms with Crippen LogP contribution in [0.1, 0.15) is 10.5 Å². The molecule has 0 spiro atoms. The summed E-state index contributed by atoms with van der Waals surface area (Å²) in [5, 5.41) is 8.12. The van der Waals surface area contributed by atoms with E-state index in [1.165, 1.54) is 7.11 Å². The van der Waals surface area contributed by atoms with E-state index in [2.05, 4.69) is 20.2 Å². The molecule has 0 radical (unpaired) electrons. The van der Waals surface area contributed by atoms with E-state index >= 15 is 0 Å². The number of aromatic nitrogens is 4. The molecular weight excluding hydrogens is 234 g/mol. The number of amides is 1. The van der Waals surface area contributed by atoms with E-state index in [1.54, 1.807) is 18.3 Å². The zero-order valence-electron chi connectivity index (χ0n) is 9.47. The second kappa shape index (κ2) is 3.66. The van der Waals surface area contributed by atoms with Crippen molar-refractivity contribution in [3.8, 4) is 6.01 Å². The second-order valence-corrected chi connectivity index (χ2v) is 3.72. The average Bonchev–Trinajstić information content (AvgIpc) is 2.82. The molecule has 90 valence electrons. The summed E-state index contributed by atoms with van der Waals surface area (Å²) in [5.41, 5.74) is 6.72. The number of benzene rings is 1. The van der Waals surface area contributed by atoms with Gasteiger partial charge in [0.1, 0.15) is 5.52 Å². The summed E-state index contributed by atoms with van der Waals surface area (Å²) in [5.74, 6) is -0.582. The lowest BCUT2D eigenvalue weighted by Crippen LogP contribution is -2.11. The standard InChI is InChI=1S/C11H9N5O2/c1-18-11-13-4-5-2-3-6-8(7(5)14-11)15-16-9(6)10(12)17/h2-4H,1H3,(H2,12,17)(H,15,16). The maximum Gasteiger partial charge on any atom is 0.316 e. The number of nitrogens with two attached hydrogens (primary N) is 1. The maximum absolute atomic E-state index is 11.2. The number of hydrogen-bond donors (Lipinski definition) is 2. The van der Waals surface area contributed by atoms with Gasteiger partial charge in [0.15, 0.2) is 5.69 Å². The maximum atomic E-state index is 11.2. The van der Waals surface area contributed by atoms with Gasteiger partial charge in [-0.25, -0.2) is 4.98 Å². The van der Waals surface area contributed by atoms with Crippen LogP contribution in [0, 0.1) is 0 Å². The molecule has 0 aliphatic heterocycles. The van der Waals surface area contributed by atoms with Gasteiger partial charge in [0.25, 0.3) is 5.91 Å². The molecule has 0 unspecified atom stereocenters. The summed E-state index contributed by atoms with van der Waals surface area (Å²) in [7, 11) is 1.49. The summed E-state index contributed by atoms with van der Waals surface area (Å²) in [6.07, 6.45) is 1.64. The number of fused-ring (bicyclic) bond motifs is 3. The lowest BCUT2D eigenvalue weighted by atomic mass is 10.1. The van der Waals surface area contributed by atoms with Gasteiger partial charge >= 0.3 is 6.01 Å². The Balaban J connectivity index is 2.41. The number of carbonyl (C=O) groups excluding carboxylic acids is 1. The van der Waals surface area contributed by atoms with E-state index in [4.69, 9.17) is 10.5 Å². The fraction of sp³-hybridized carbons (Fsp3) is 0.0909. The van der Waals surface area contributed by atoms with Crippen LogP contribution < -0.4 is 10.5 Å². The Kier molecular flexibility index (Phi) is 2.12. The molecule has 1 amide bonds. The quantitative estimate of drug-likeness (QED) is 0.685. The molecule has 0 saturated carbocycles. The lowest BCUT2D eigenvalue weighted by Gasteiger charge is -2.01. The largest absolute Gasteiger partial charge is 0.467 e. The topological polar surface area (TPSA) is 107 Å². The van der Waals surface area contributed by atoms with Gasteiger partial charge in [-0.05, 0) is 6.07 Å². The summed E-state index contributed by atoms with van der Waals surface area (Å²) < 4.78 is 4.98. The first kappa shape index (κ1) is 10.5. The number of nitrogens with one attached hydrogen (secondary N) is 1. The van der Waals surface area contributed by atoms with Crippen molar-refractivity contribution in [1.82, 2.24) is 20.2 Å². The monoisotopic (exact) mass is 243 g/mol. The predicted molar refractivity (Wildman–Crippen MR) is 64.3 cm³/mol. The molecule has 0 saturated heterocycles. The van der Waals surface area contributed by atoms with Gasteiger partial charge in [0.2, 0.25) is 0 Å². The van der Waals surface area contributed by atoms with Crippen molar-refractivity contribution in [3.05, 3.63) is 24.0 Å². The highest BCUT2D eigenvalue weighted by Crippen LogP contribution is 2.24. The zero-order valence-corrected chi connectivity index (χ0v) is 9.47. The van der Waals surface area contributed by atoms with Crippen molar-refractivity contribution < 1.29 is 9.53 Å². The molecule has 3 rings (SSSR count). The van der Waals surface area contributed by atoms with E-state index in [1.807, 2.05) is 0 Å². The van der Waals surface area contributed by atoms with Crippen molar-refractivity contribution in [2.24, 2.45) is 5.73 Å². The van der Waals surface area contributed by atoms with Crippen molar-refractivity contribution in [1.29, 1.82) is 0 Å². The van der Waals surface area contributed by atoms with Crippen LogP contribution in [0.15, 0.2) is 18.3 Å². The minimum atomic E-state index is -0.582. The van der Waals surface area contributed by atoms with Crippen molar-refractivity contribution in [3.63, 3.8) is 0 Å². The highest BCUT2D eigenvalue weighted by molar-refractivity contribution is 6.11. The minimum absolute atomic E-state index is 0.199. The van der Waals surface area contributed by atoms with Crippen LogP contribution in [-0.4, -0.2) is 33.2 Å². The summed E-state index contributed by atoms with van der Waals surface area (Å²) >= 11 is 0. The first-order valence-corrected chi connectivity index (χ1v) is 5.18. The molecular formula is C11H9N5O2. The lowest BCUT2D eigenvalue weighted by molar-refractivity contribution is 0.0997. The smallest absolute Gasteiger partial charge is 0.316 e. The molecule has 0 aliphatic carbocycles. The number of aromatic amines is 1. The number of methoxy groups -OCH3 is 1. The first-order valence-electron chi connectivity index (χ1n) is 5.18. The summed E-state index contributed by atoms with van der Waals surface area (Å²) in [6, 6.07) is 3.82. The van der Waals surface area contributed by atoms with Crippen molar-refractivity contribution in [2.75, 3.05) is 7.11 Å². The van der Waals surface area contributed by atoms with Crippen LogP contribution in [-0.2, 0) is 0 Å². The third-order valence-electron chi connectivity index (χ3n) is 2.68. The van der Waals surface area contributed by atoms with Gasteiger partial charge in [-0.3, -0.25) is 9.89 Å². The second-order valence-electron chi connectivity index (χ2n) is 3.72. The van der Waals surface area contributed by atoms with Crippen molar-refractivity contribution >= 4 is 27.7 Å². The third kappa shape index (κ3) is 1.37. The van der Waals surface area contributed by atoms with Crippen LogP contribution in [0.3, 0.4) is 0 Å². The molecule has 1 aromatic carbocycles. The number of ether oxygens (including phenoxy) is 1. The van der Waals surface area contributed by atoms with Gasteiger partial charge in [0, 0.05) is 17.0 Å². The molecule has 3 aromatic rings. The van der Waals surface area contributed by atoms with Crippen LogP contribution in [0.4, 0.5) is 0 Å². The molecule has 7 nitrogen and oxygen atoms in total.